The van der Waals surface area contributed by atoms with Crippen molar-refractivity contribution in [1.82, 2.24) is 46.1 Å². The molecule has 3 aliphatic heterocycles. The highest BCUT2D eigenvalue weighted by Gasteiger charge is 2.64. The Hall–Kier alpha value is -5.61. The van der Waals surface area contributed by atoms with E-state index in [0.29, 0.717) is 90.6 Å². The number of hydroxylamine groups is 2. The van der Waals surface area contributed by atoms with E-state index in [0.717, 1.165) is 24.8 Å². The number of carbonyl (C=O) groups excluding carboxylic acids is 9. The number of ether oxygens (including phenoxy) is 2. The number of amides is 9. The Bertz CT molecular complexity index is 2310. The molecule has 1 unspecified atom stereocenters. The van der Waals surface area contributed by atoms with Gasteiger partial charge in [-0.1, -0.05) is 98.1 Å². The molecule has 3 heterocycles. The predicted octanol–water partition coefficient (Wildman–Crippen LogP) is 4.79. The number of unbranched alkanes of at least 4 members (excludes halogenated alkanes) is 4. The molecule has 0 spiro atoms. The third-order valence-corrected chi connectivity index (χ3v) is 17.0. The average Bonchev–Trinajstić information content (AvgIpc) is 3.59. The van der Waals surface area contributed by atoms with Crippen LogP contribution in [0.5, 0.6) is 0 Å². The Morgan fingerprint density at radius 2 is 1.37 bits per heavy atom. The molecule has 2 saturated heterocycles. The van der Waals surface area contributed by atoms with Crippen LogP contribution < -0.4 is 21.5 Å². The fourth-order valence-electron chi connectivity index (χ4n) is 12.3. The third kappa shape index (κ3) is 17.7. The third-order valence-electron chi connectivity index (χ3n) is 17.0. The van der Waals surface area contributed by atoms with Gasteiger partial charge in [-0.05, 0) is 102 Å². The number of carbonyl (C=O) groups is 9. The molecule has 1 saturated carbocycles. The molecule has 21 nitrogen and oxygen atoms in total. The van der Waals surface area contributed by atoms with Crippen LogP contribution in [0.3, 0.4) is 0 Å². The van der Waals surface area contributed by atoms with E-state index in [2.05, 4.69) is 35.3 Å². The van der Waals surface area contributed by atoms with Crippen molar-refractivity contribution >= 4 is 53.2 Å². The zero-order valence-electron chi connectivity index (χ0n) is 50.2. The SMILES string of the molecule is CC[C@H](C)[C@@H]([C@@H](CC(=O)N1CCC[C@H]1C(OC)[C@@H](C)C(=O)N[C@@]1(C(=O)N2CCCCO2)C[C@@H]1c1ccccc1)OC)N(C)[C@H](C(=O)NC(=O)[C@H](C(C)C)N(C)CCCCCC(=O)NNC(=O)CCCCCN1C(=O)C=CC1=O)C(C)C. The lowest BCUT2D eigenvalue weighted by atomic mass is 9.87. The zero-order valence-corrected chi connectivity index (χ0v) is 50.2. The van der Waals surface area contributed by atoms with Crippen LogP contribution >= 0.6 is 0 Å². The Morgan fingerprint density at radius 3 is 1.94 bits per heavy atom. The number of hydrazine groups is 1. The summed E-state index contributed by atoms with van der Waals surface area (Å²) < 4.78 is 12.3. The van der Waals surface area contributed by atoms with Crippen LogP contribution in [0.25, 0.3) is 0 Å². The van der Waals surface area contributed by atoms with E-state index in [1.54, 1.807) is 26.0 Å². The first-order valence-corrected chi connectivity index (χ1v) is 29.7. The highest BCUT2D eigenvalue weighted by atomic mass is 16.7. The minimum absolute atomic E-state index is 0.00150. The standard InChI is InChI=1S/C60H95N9O12/c1-12-41(6)54(46(79-10)37-51(74)67-34-24-27-45(67)55(80-11)42(7)56(75)62-60(59(78)69-35-22-23-36-81-69)38-44(60)43-25-16-13-17-26-43)66(9)53(40(4)5)58(77)61-57(76)52(39(2)3)65(8)32-20-14-18-28-47(70)63-64-48(71)29-19-15-21-33-68-49(72)30-31-50(68)73/h13,16-17,25-26,30-31,39-42,44-46,52-55H,12,14-15,18-24,27-29,32-38H2,1-11H3,(H,62,75)(H,63,70)(H,64,71)(H,61,76,77)/t41-,42+,44+,45-,46+,52-,53-,54-,55?,60-/m0/s1. The minimum Gasteiger partial charge on any atom is -0.379 e. The van der Waals surface area contributed by atoms with E-state index < -0.39 is 59.6 Å². The van der Waals surface area contributed by atoms with Crippen molar-refractivity contribution in [2.45, 2.75) is 193 Å². The summed E-state index contributed by atoms with van der Waals surface area (Å²) in [6.07, 6.45) is 9.39. The first kappa shape index (κ1) is 66.2. The molecule has 1 aromatic rings. The van der Waals surface area contributed by atoms with Gasteiger partial charge in [-0.2, -0.15) is 0 Å². The zero-order chi connectivity index (χ0) is 59.6. The number of imide groups is 2. The quantitative estimate of drug-likeness (QED) is 0.0431. The van der Waals surface area contributed by atoms with Gasteiger partial charge in [0, 0.05) is 70.8 Å². The summed E-state index contributed by atoms with van der Waals surface area (Å²) in [6, 6.07) is 7.48. The normalized spacial score (nSPS) is 21.7. The van der Waals surface area contributed by atoms with Crippen LogP contribution in [0.4, 0.5) is 0 Å². The van der Waals surface area contributed by atoms with Crippen molar-refractivity contribution in [2.24, 2.45) is 23.7 Å². The van der Waals surface area contributed by atoms with E-state index in [1.807, 2.05) is 81.9 Å². The van der Waals surface area contributed by atoms with Gasteiger partial charge >= 0.3 is 0 Å². The number of likely N-dealkylation sites (tertiary alicyclic amines) is 1. The summed E-state index contributed by atoms with van der Waals surface area (Å²) in [5.74, 6) is -4.29. The Labute approximate surface area is 480 Å². The molecule has 0 aromatic heterocycles. The number of rotatable bonds is 32. The molecule has 21 heteroatoms. The molecule has 1 aromatic carbocycles. The van der Waals surface area contributed by atoms with Gasteiger partial charge in [0.25, 0.3) is 17.7 Å². The van der Waals surface area contributed by atoms with E-state index in [4.69, 9.17) is 14.3 Å². The van der Waals surface area contributed by atoms with Gasteiger partial charge in [0.2, 0.25) is 35.4 Å². The van der Waals surface area contributed by atoms with Crippen molar-refractivity contribution in [3.63, 3.8) is 0 Å². The molecule has 4 N–H and O–H groups in total. The van der Waals surface area contributed by atoms with Gasteiger partial charge in [0.05, 0.1) is 49.3 Å². The summed E-state index contributed by atoms with van der Waals surface area (Å²) in [6.45, 7) is 15.8. The average molecular weight is 1130 g/mol. The smallest absolute Gasteiger partial charge is 0.272 e. The van der Waals surface area contributed by atoms with Gasteiger partial charge in [0.15, 0.2) is 0 Å². The molecule has 0 radical (unpaired) electrons. The van der Waals surface area contributed by atoms with Gasteiger partial charge < -0.3 is 19.7 Å². The fourth-order valence-corrected chi connectivity index (χ4v) is 12.3. The molecular formula is C60H95N9O12. The van der Waals surface area contributed by atoms with Crippen LogP contribution in [-0.4, -0.2) is 181 Å². The maximum Gasteiger partial charge on any atom is 0.272 e. The van der Waals surface area contributed by atoms with E-state index in [1.165, 1.54) is 22.1 Å². The lowest BCUT2D eigenvalue weighted by molar-refractivity contribution is -0.200. The lowest BCUT2D eigenvalue weighted by Gasteiger charge is -2.43. The van der Waals surface area contributed by atoms with Crippen molar-refractivity contribution in [2.75, 3.05) is 61.1 Å². The maximum atomic E-state index is 14.7. The van der Waals surface area contributed by atoms with Crippen molar-refractivity contribution in [3.05, 3.63) is 48.0 Å². The molecule has 5 rings (SSSR count). The van der Waals surface area contributed by atoms with Crippen molar-refractivity contribution in [3.8, 4) is 0 Å². The van der Waals surface area contributed by atoms with Crippen molar-refractivity contribution < 1.29 is 57.5 Å². The number of hydrogen-bond donors (Lipinski definition) is 4. The molecular weight excluding hydrogens is 1040 g/mol. The van der Waals surface area contributed by atoms with Crippen LogP contribution in [-0.2, 0) is 57.5 Å². The summed E-state index contributed by atoms with van der Waals surface area (Å²) in [5, 5.41) is 7.33. The molecule has 4 aliphatic rings. The van der Waals surface area contributed by atoms with Gasteiger partial charge in [-0.25, -0.2) is 5.06 Å². The van der Waals surface area contributed by atoms with Crippen molar-refractivity contribution in [1.29, 1.82) is 0 Å². The Balaban J connectivity index is 1.13. The van der Waals surface area contributed by atoms with Gasteiger partial charge in [-0.3, -0.25) is 78.9 Å². The second-order valence-corrected chi connectivity index (χ2v) is 23.5. The molecule has 81 heavy (non-hydrogen) atoms. The number of nitrogens with zero attached hydrogens (tertiary/aromatic N) is 5. The molecule has 0 bridgehead atoms. The highest BCUT2D eigenvalue weighted by Crippen LogP contribution is 2.53. The first-order valence-electron chi connectivity index (χ1n) is 29.7. The number of hydrogen-bond acceptors (Lipinski definition) is 14. The summed E-state index contributed by atoms with van der Waals surface area (Å²) in [7, 11) is 6.83. The van der Waals surface area contributed by atoms with E-state index >= 15 is 0 Å². The number of nitrogens with one attached hydrogen (secondary N) is 4. The summed E-state index contributed by atoms with van der Waals surface area (Å²) >= 11 is 0. The second-order valence-electron chi connectivity index (χ2n) is 23.5. The topological polar surface area (TPSA) is 246 Å². The van der Waals surface area contributed by atoms with Gasteiger partial charge in [0.1, 0.15) is 5.54 Å². The number of likely N-dealkylation sites (N-methyl/N-ethyl adjacent to an activating group) is 2. The summed E-state index contributed by atoms with van der Waals surface area (Å²) in [5.41, 5.74) is 4.69. The van der Waals surface area contributed by atoms with Gasteiger partial charge in [-0.15, -0.1) is 0 Å². The van der Waals surface area contributed by atoms with Crippen LogP contribution in [0.15, 0.2) is 42.5 Å². The first-order chi connectivity index (χ1) is 38.6. The highest BCUT2D eigenvalue weighted by molar-refractivity contribution is 6.12. The fraction of sp³-hybridized carbons (Fsp3) is 0.717. The second kappa shape index (κ2) is 31.7. The van der Waals surface area contributed by atoms with Crippen LogP contribution in [0, 0.1) is 23.7 Å². The molecule has 1 aliphatic carbocycles. The van der Waals surface area contributed by atoms with E-state index in [-0.39, 0.29) is 84.3 Å². The molecule has 452 valence electrons. The predicted molar refractivity (Wildman–Crippen MR) is 305 cm³/mol. The van der Waals surface area contributed by atoms with E-state index in [9.17, 15) is 43.2 Å². The number of benzene rings is 1. The lowest BCUT2D eigenvalue weighted by Crippen LogP contribution is -2.60. The monoisotopic (exact) mass is 1130 g/mol. The van der Waals surface area contributed by atoms with Crippen LogP contribution in [0.1, 0.15) is 156 Å². The molecule has 9 amide bonds. The number of methoxy groups -OCH3 is 2. The Morgan fingerprint density at radius 1 is 0.753 bits per heavy atom. The molecule has 10 atom stereocenters. The molecule has 3 fully saturated rings. The maximum absolute atomic E-state index is 14.7. The minimum atomic E-state index is -1.16. The largest absolute Gasteiger partial charge is 0.379 e. The summed E-state index contributed by atoms with van der Waals surface area (Å²) in [4.78, 5) is 133. The van der Waals surface area contributed by atoms with Crippen LogP contribution in [0.2, 0.25) is 0 Å². The Kier molecular flexibility index (Phi) is 25.9.